The number of likely N-dealkylation sites (tertiary alicyclic amines) is 1. The van der Waals surface area contributed by atoms with E-state index in [1.165, 1.54) is 0 Å². The number of hydrogen-bond acceptors (Lipinski definition) is 5. The molecule has 6 nitrogen and oxygen atoms in total. The minimum absolute atomic E-state index is 0.0357. The number of nitrogens with zero attached hydrogens (tertiary/aromatic N) is 3. The summed E-state index contributed by atoms with van der Waals surface area (Å²) in [5.41, 5.74) is 0.849. The molecule has 18 heavy (non-hydrogen) atoms. The largest absolute Gasteiger partial charge is 0.471 e. The van der Waals surface area contributed by atoms with E-state index >= 15 is 0 Å². The fraction of sp³-hybridized carbons (Fsp3) is 0.583. The molecule has 1 aliphatic heterocycles. The van der Waals surface area contributed by atoms with Crippen LogP contribution >= 0.6 is 0 Å². The minimum atomic E-state index is -0.279. The van der Waals surface area contributed by atoms with E-state index in [9.17, 15) is 4.79 Å². The molecule has 2 heterocycles. The zero-order valence-electron chi connectivity index (χ0n) is 10.6. The van der Waals surface area contributed by atoms with Gasteiger partial charge in [-0.2, -0.15) is 5.10 Å². The summed E-state index contributed by atoms with van der Waals surface area (Å²) in [5.74, 6) is 0.497. The van der Waals surface area contributed by atoms with Gasteiger partial charge in [-0.15, -0.1) is 5.10 Å². The zero-order valence-corrected chi connectivity index (χ0v) is 10.6. The number of rotatable bonds is 3. The lowest BCUT2D eigenvalue weighted by Crippen LogP contribution is -2.31. The van der Waals surface area contributed by atoms with Crippen molar-refractivity contribution in [1.82, 2.24) is 15.1 Å². The van der Waals surface area contributed by atoms with Gasteiger partial charge in [-0.1, -0.05) is 0 Å². The highest BCUT2D eigenvalue weighted by atomic mass is 16.6. The normalized spacial score (nSPS) is 18.8. The van der Waals surface area contributed by atoms with Crippen LogP contribution in [0.25, 0.3) is 0 Å². The number of carbonyl (C=O) groups excluding carboxylic acids is 1. The fourth-order valence-corrected chi connectivity index (χ4v) is 1.83. The molecule has 0 spiro atoms. The second kappa shape index (κ2) is 5.66. The third kappa shape index (κ3) is 3.09. The Labute approximate surface area is 106 Å². The van der Waals surface area contributed by atoms with E-state index < -0.39 is 0 Å². The van der Waals surface area contributed by atoms with Gasteiger partial charge < -0.3 is 14.4 Å². The molecule has 0 aromatic carbocycles. The number of aromatic nitrogens is 2. The summed E-state index contributed by atoms with van der Waals surface area (Å²) >= 11 is 0. The van der Waals surface area contributed by atoms with Crippen molar-refractivity contribution in [3.8, 4) is 5.88 Å². The van der Waals surface area contributed by atoms with E-state index in [4.69, 9.17) is 9.47 Å². The number of amides is 1. The van der Waals surface area contributed by atoms with E-state index in [0.29, 0.717) is 25.6 Å². The van der Waals surface area contributed by atoms with Crippen LogP contribution in [0.4, 0.5) is 4.79 Å². The molecule has 98 valence electrons. The van der Waals surface area contributed by atoms with Gasteiger partial charge >= 0.3 is 6.09 Å². The lowest BCUT2D eigenvalue weighted by Gasteiger charge is -2.15. The van der Waals surface area contributed by atoms with Crippen LogP contribution in [0.1, 0.15) is 19.0 Å². The van der Waals surface area contributed by atoms with Gasteiger partial charge in [0.25, 0.3) is 0 Å². The van der Waals surface area contributed by atoms with Crippen molar-refractivity contribution >= 4 is 6.09 Å². The maximum absolute atomic E-state index is 11.5. The van der Waals surface area contributed by atoms with E-state index in [0.717, 1.165) is 12.1 Å². The number of ether oxygens (including phenoxy) is 2. The molecule has 1 aromatic rings. The maximum atomic E-state index is 11.5. The molecule has 0 bridgehead atoms. The first-order chi connectivity index (χ1) is 8.69. The molecule has 0 radical (unpaired) electrons. The molecule has 1 amide bonds. The van der Waals surface area contributed by atoms with Crippen molar-refractivity contribution in [3.63, 3.8) is 0 Å². The van der Waals surface area contributed by atoms with Gasteiger partial charge in [-0.05, 0) is 19.9 Å². The van der Waals surface area contributed by atoms with Crippen LogP contribution in [0, 0.1) is 6.92 Å². The Morgan fingerprint density at radius 1 is 1.50 bits per heavy atom. The van der Waals surface area contributed by atoms with Crippen LogP contribution in [0.3, 0.4) is 0 Å². The summed E-state index contributed by atoms with van der Waals surface area (Å²) in [4.78, 5) is 13.2. The number of aryl methyl sites for hydroxylation is 1. The summed E-state index contributed by atoms with van der Waals surface area (Å²) in [6.45, 7) is 5.25. The lowest BCUT2D eigenvalue weighted by atomic mass is 10.3. The second-order valence-corrected chi connectivity index (χ2v) is 4.19. The SMILES string of the molecule is CCOC(=O)N1CCC(Oc2ccc(C)nn2)C1. The second-order valence-electron chi connectivity index (χ2n) is 4.19. The Balaban J connectivity index is 1.86. The molecule has 6 heteroatoms. The smallest absolute Gasteiger partial charge is 0.409 e. The minimum Gasteiger partial charge on any atom is -0.471 e. The van der Waals surface area contributed by atoms with E-state index in [1.54, 1.807) is 17.9 Å². The van der Waals surface area contributed by atoms with E-state index in [1.807, 2.05) is 13.0 Å². The average molecular weight is 251 g/mol. The van der Waals surface area contributed by atoms with Gasteiger partial charge in [0.2, 0.25) is 5.88 Å². The van der Waals surface area contributed by atoms with Crippen molar-refractivity contribution in [2.45, 2.75) is 26.4 Å². The highest BCUT2D eigenvalue weighted by Crippen LogP contribution is 2.16. The molecule has 1 aliphatic rings. The molecule has 1 aromatic heterocycles. The Kier molecular flexibility index (Phi) is 3.96. The van der Waals surface area contributed by atoms with Crippen molar-refractivity contribution in [1.29, 1.82) is 0 Å². The van der Waals surface area contributed by atoms with Crippen LogP contribution in [-0.4, -0.2) is 47.0 Å². The Hall–Kier alpha value is -1.85. The molecule has 1 unspecified atom stereocenters. The third-order valence-electron chi connectivity index (χ3n) is 2.73. The summed E-state index contributed by atoms with van der Waals surface area (Å²) in [5, 5.41) is 7.87. The van der Waals surface area contributed by atoms with Crippen LogP contribution in [0.15, 0.2) is 12.1 Å². The maximum Gasteiger partial charge on any atom is 0.409 e. The lowest BCUT2D eigenvalue weighted by molar-refractivity contribution is 0.109. The molecular formula is C12H17N3O3. The van der Waals surface area contributed by atoms with Gasteiger partial charge in [-0.3, -0.25) is 0 Å². The van der Waals surface area contributed by atoms with Crippen LogP contribution in [0.5, 0.6) is 5.88 Å². The molecule has 0 saturated carbocycles. The summed E-state index contributed by atoms with van der Waals surface area (Å²) in [6.07, 6.45) is 0.471. The topological polar surface area (TPSA) is 64.5 Å². The zero-order chi connectivity index (χ0) is 13.0. The Bertz CT molecular complexity index is 408. The van der Waals surface area contributed by atoms with Crippen molar-refractivity contribution in [3.05, 3.63) is 17.8 Å². The van der Waals surface area contributed by atoms with E-state index in [-0.39, 0.29) is 12.2 Å². The quantitative estimate of drug-likeness (QED) is 0.812. The molecule has 0 N–H and O–H groups in total. The van der Waals surface area contributed by atoms with Crippen LogP contribution in [0.2, 0.25) is 0 Å². The summed E-state index contributed by atoms with van der Waals surface area (Å²) in [6, 6.07) is 3.63. The van der Waals surface area contributed by atoms with Gasteiger partial charge in [-0.25, -0.2) is 4.79 Å². The monoisotopic (exact) mass is 251 g/mol. The average Bonchev–Trinajstić information content (AvgIpc) is 2.81. The third-order valence-corrected chi connectivity index (χ3v) is 2.73. The van der Waals surface area contributed by atoms with E-state index in [2.05, 4.69) is 10.2 Å². The first kappa shape index (κ1) is 12.6. The molecule has 2 rings (SSSR count). The highest BCUT2D eigenvalue weighted by Gasteiger charge is 2.28. The first-order valence-electron chi connectivity index (χ1n) is 6.07. The number of carbonyl (C=O) groups is 1. The van der Waals surface area contributed by atoms with Gasteiger partial charge in [0, 0.05) is 19.0 Å². The van der Waals surface area contributed by atoms with Crippen LogP contribution < -0.4 is 4.74 Å². The number of hydrogen-bond donors (Lipinski definition) is 0. The van der Waals surface area contributed by atoms with Crippen molar-refractivity contribution in [2.24, 2.45) is 0 Å². The van der Waals surface area contributed by atoms with Crippen LogP contribution in [-0.2, 0) is 4.74 Å². The van der Waals surface area contributed by atoms with Crippen molar-refractivity contribution in [2.75, 3.05) is 19.7 Å². The standard InChI is InChI=1S/C12H17N3O3/c1-3-17-12(16)15-7-6-10(8-15)18-11-5-4-9(2)13-14-11/h4-5,10H,3,6-8H2,1-2H3. The molecule has 1 atom stereocenters. The summed E-state index contributed by atoms with van der Waals surface area (Å²) < 4.78 is 10.6. The van der Waals surface area contributed by atoms with Gasteiger partial charge in [0.1, 0.15) is 6.10 Å². The predicted molar refractivity (Wildman–Crippen MR) is 64.4 cm³/mol. The molecule has 1 fully saturated rings. The predicted octanol–water partition coefficient (Wildman–Crippen LogP) is 1.39. The Morgan fingerprint density at radius 2 is 2.33 bits per heavy atom. The highest BCUT2D eigenvalue weighted by molar-refractivity contribution is 5.67. The molecular weight excluding hydrogens is 234 g/mol. The van der Waals surface area contributed by atoms with Gasteiger partial charge in [0.05, 0.1) is 18.8 Å². The van der Waals surface area contributed by atoms with Crippen molar-refractivity contribution < 1.29 is 14.3 Å². The van der Waals surface area contributed by atoms with Gasteiger partial charge in [0.15, 0.2) is 0 Å². The first-order valence-corrected chi connectivity index (χ1v) is 6.07. The fourth-order valence-electron chi connectivity index (χ4n) is 1.83. The molecule has 0 aliphatic carbocycles. The summed E-state index contributed by atoms with van der Waals surface area (Å²) in [7, 11) is 0. The Morgan fingerprint density at radius 3 is 3.00 bits per heavy atom. The molecule has 1 saturated heterocycles.